The molecule has 3 fully saturated rings. The first-order valence-corrected chi connectivity index (χ1v) is 8.69. The second-order valence-corrected chi connectivity index (χ2v) is 8.12. The van der Waals surface area contributed by atoms with E-state index in [-0.39, 0.29) is 0 Å². The molecule has 5 unspecified atom stereocenters. The van der Waals surface area contributed by atoms with Gasteiger partial charge in [0.25, 0.3) is 0 Å². The lowest BCUT2D eigenvalue weighted by atomic mass is 10.0. The van der Waals surface area contributed by atoms with Crippen LogP contribution in [0, 0.1) is 29.6 Å². The zero-order chi connectivity index (χ0) is 12.3. The fraction of sp³-hybridized carbons (Fsp3) is 0.933. The Kier molecular flexibility index (Phi) is 2.69. The van der Waals surface area contributed by atoms with Gasteiger partial charge in [0.05, 0.1) is 6.04 Å². The van der Waals surface area contributed by atoms with E-state index in [9.17, 15) is 0 Å². The number of nitrogens with zero attached hydrogens (tertiary/aromatic N) is 1. The van der Waals surface area contributed by atoms with E-state index in [4.69, 9.17) is 4.99 Å². The monoisotopic (exact) mass is 264 g/mol. The molecule has 4 aliphatic rings. The minimum absolute atomic E-state index is 0.559. The van der Waals surface area contributed by atoms with Gasteiger partial charge < -0.3 is 5.32 Å². The molecule has 3 saturated carbocycles. The zero-order valence-corrected chi connectivity index (χ0v) is 12.2. The second kappa shape index (κ2) is 4.16. The molecule has 2 nitrogen and oxygen atoms in total. The number of amidine groups is 1. The Hall–Kier alpha value is -0.180. The van der Waals surface area contributed by atoms with Crippen LogP contribution in [0.25, 0.3) is 0 Å². The first-order valence-electron chi connectivity index (χ1n) is 7.71. The molecule has 0 aromatic carbocycles. The number of thioether (sulfide) groups is 1. The average molecular weight is 264 g/mol. The van der Waals surface area contributed by atoms with Crippen molar-refractivity contribution < 1.29 is 0 Å². The fourth-order valence-corrected chi connectivity index (χ4v) is 5.73. The molecule has 0 aromatic rings. The molecular formula is C15H24N2S. The van der Waals surface area contributed by atoms with Crippen molar-refractivity contribution in [3.63, 3.8) is 0 Å². The van der Waals surface area contributed by atoms with E-state index in [0.717, 1.165) is 29.7 Å². The number of hydrogen-bond acceptors (Lipinski definition) is 3. The minimum atomic E-state index is 0.559. The van der Waals surface area contributed by atoms with Crippen LogP contribution < -0.4 is 5.32 Å². The lowest BCUT2D eigenvalue weighted by Crippen LogP contribution is -2.32. The van der Waals surface area contributed by atoms with Crippen LogP contribution in [0.1, 0.15) is 39.5 Å². The highest BCUT2D eigenvalue weighted by molar-refractivity contribution is 8.13. The van der Waals surface area contributed by atoms with Crippen molar-refractivity contribution in [1.82, 2.24) is 5.32 Å². The van der Waals surface area contributed by atoms with Gasteiger partial charge in [-0.2, -0.15) is 0 Å². The largest absolute Gasteiger partial charge is 0.362 e. The molecule has 100 valence electrons. The van der Waals surface area contributed by atoms with Crippen molar-refractivity contribution in [3.8, 4) is 0 Å². The van der Waals surface area contributed by atoms with Crippen LogP contribution in [0.15, 0.2) is 4.99 Å². The maximum Gasteiger partial charge on any atom is 0.157 e. The molecule has 1 N–H and O–H groups in total. The third-order valence-corrected chi connectivity index (χ3v) is 6.67. The standard InChI is InChI=1S/C15H24N2S/c1-8(2)11-5-6-18-15(16-11)17-14-12-9-3-4-10(7-9)13(12)14/h8-14H,3-7H2,1-2H3,(H,16,17). The Morgan fingerprint density at radius 2 is 1.89 bits per heavy atom. The summed E-state index contributed by atoms with van der Waals surface area (Å²) < 4.78 is 0. The Morgan fingerprint density at radius 1 is 1.17 bits per heavy atom. The Morgan fingerprint density at radius 3 is 2.56 bits per heavy atom. The molecule has 0 radical (unpaired) electrons. The summed E-state index contributed by atoms with van der Waals surface area (Å²) in [5.41, 5.74) is 0. The van der Waals surface area contributed by atoms with Crippen molar-refractivity contribution in [2.45, 2.75) is 51.6 Å². The summed E-state index contributed by atoms with van der Waals surface area (Å²) in [5, 5.41) is 5.06. The third-order valence-electron chi connectivity index (χ3n) is 5.73. The van der Waals surface area contributed by atoms with Gasteiger partial charge >= 0.3 is 0 Å². The molecule has 3 aliphatic carbocycles. The quantitative estimate of drug-likeness (QED) is 0.828. The lowest BCUT2D eigenvalue weighted by molar-refractivity contribution is 0.456. The van der Waals surface area contributed by atoms with E-state index < -0.39 is 0 Å². The summed E-state index contributed by atoms with van der Waals surface area (Å²) in [6.45, 7) is 4.60. The first kappa shape index (κ1) is 11.6. The summed E-state index contributed by atoms with van der Waals surface area (Å²) in [6.07, 6.45) is 5.83. The van der Waals surface area contributed by atoms with Crippen LogP contribution in [0.2, 0.25) is 0 Å². The minimum Gasteiger partial charge on any atom is -0.362 e. The van der Waals surface area contributed by atoms with Gasteiger partial charge in [0.1, 0.15) is 0 Å². The van der Waals surface area contributed by atoms with Crippen LogP contribution in [0.3, 0.4) is 0 Å². The van der Waals surface area contributed by atoms with Gasteiger partial charge in [0, 0.05) is 11.8 Å². The van der Waals surface area contributed by atoms with Crippen molar-refractivity contribution in [2.75, 3.05) is 5.75 Å². The summed E-state index contributed by atoms with van der Waals surface area (Å²) in [7, 11) is 0. The fourth-order valence-electron chi connectivity index (χ4n) is 4.75. The molecule has 0 saturated heterocycles. The maximum absolute atomic E-state index is 4.93. The lowest BCUT2D eigenvalue weighted by Gasteiger charge is -2.24. The van der Waals surface area contributed by atoms with E-state index in [0.29, 0.717) is 12.0 Å². The first-order chi connectivity index (χ1) is 8.74. The molecule has 0 spiro atoms. The van der Waals surface area contributed by atoms with E-state index in [1.54, 1.807) is 6.42 Å². The summed E-state index contributed by atoms with van der Waals surface area (Å²) in [6, 6.07) is 1.36. The van der Waals surface area contributed by atoms with Crippen molar-refractivity contribution in [1.29, 1.82) is 0 Å². The molecule has 0 aromatic heterocycles. The second-order valence-electron chi connectivity index (χ2n) is 7.04. The summed E-state index contributed by atoms with van der Waals surface area (Å²) in [4.78, 5) is 4.93. The number of fused-ring (bicyclic) bond motifs is 5. The smallest absolute Gasteiger partial charge is 0.157 e. The van der Waals surface area contributed by atoms with Crippen LogP contribution in [-0.2, 0) is 0 Å². The molecule has 18 heavy (non-hydrogen) atoms. The molecule has 1 heterocycles. The van der Waals surface area contributed by atoms with Crippen molar-refractivity contribution >= 4 is 16.9 Å². The third kappa shape index (κ3) is 1.73. The molecule has 5 atom stereocenters. The Bertz CT molecular complexity index is 363. The van der Waals surface area contributed by atoms with E-state index in [2.05, 4.69) is 19.2 Å². The highest BCUT2D eigenvalue weighted by Crippen LogP contribution is 2.65. The van der Waals surface area contributed by atoms with Gasteiger partial charge in [-0.15, -0.1) is 0 Å². The molecule has 1 aliphatic heterocycles. The van der Waals surface area contributed by atoms with Gasteiger partial charge in [-0.3, -0.25) is 4.99 Å². The number of nitrogens with one attached hydrogen (secondary N) is 1. The molecule has 3 heteroatoms. The topological polar surface area (TPSA) is 24.4 Å². The number of hydrogen-bond donors (Lipinski definition) is 1. The van der Waals surface area contributed by atoms with E-state index in [1.807, 2.05) is 11.8 Å². The van der Waals surface area contributed by atoms with Gasteiger partial charge in [0.15, 0.2) is 5.17 Å². The van der Waals surface area contributed by atoms with Gasteiger partial charge in [-0.1, -0.05) is 25.6 Å². The van der Waals surface area contributed by atoms with Crippen LogP contribution in [0.5, 0.6) is 0 Å². The van der Waals surface area contributed by atoms with Crippen molar-refractivity contribution in [2.24, 2.45) is 34.6 Å². The van der Waals surface area contributed by atoms with Gasteiger partial charge in [-0.05, 0) is 55.3 Å². The highest BCUT2D eigenvalue weighted by Gasteiger charge is 2.65. The van der Waals surface area contributed by atoms with Crippen LogP contribution >= 0.6 is 11.8 Å². The Balaban J connectivity index is 1.41. The zero-order valence-electron chi connectivity index (χ0n) is 11.4. The molecule has 0 amide bonds. The highest BCUT2D eigenvalue weighted by atomic mass is 32.2. The molecule has 2 bridgehead atoms. The predicted molar refractivity (Wildman–Crippen MR) is 77.9 cm³/mol. The van der Waals surface area contributed by atoms with Gasteiger partial charge in [0.2, 0.25) is 0 Å². The Labute approximate surface area is 114 Å². The number of rotatable bonds is 2. The molecule has 4 rings (SSSR count). The average Bonchev–Trinajstić information content (AvgIpc) is 2.77. The van der Waals surface area contributed by atoms with Gasteiger partial charge in [-0.25, -0.2) is 0 Å². The maximum atomic E-state index is 4.93. The summed E-state index contributed by atoms with van der Waals surface area (Å²) in [5.74, 6) is 6.11. The van der Waals surface area contributed by atoms with Crippen LogP contribution in [0.4, 0.5) is 0 Å². The van der Waals surface area contributed by atoms with Crippen LogP contribution in [-0.4, -0.2) is 23.0 Å². The normalized spacial score (nSPS) is 49.2. The SMILES string of the molecule is CC(C)C1CCSC(NC2C3C4CCC(C4)C23)=N1. The predicted octanol–water partition coefficient (Wildman–Crippen LogP) is 3.14. The van der Waals surface area contributed by atoms with E-state index >= 15 is 0 Å². The molecular weight excluding hydrogens is 240 g/mol. The van der Waals surface area contributed by atoms with E-state index in [1.165, 1.54) is 30.2 Å². The van der Waals surface area contributed by atoms with Crippen molar-refractivity contribution in [3.05, 3.63) is 0 Å². The number of aliphatic imine (C=N–C) groups is 1. The summed E-state index contributed by atoms with van der Waals surface area (Å²) >= 11 is 1.95.